The summed E-state index contributed by atoms with van der Waals surface area (Å²) in [4.78, 5) is 10.6. The standard InChI is InChI=1S/C12H18O/c1-4-5-6-7-10-8-11(9-13)12(10,2)3/h4-6,9-11H,1,7-8H2,2-3H3/b6-5+/t10-,11-/m1/s1. The highest BCUT2D eigenvalue weighted by Gasteiger charge is 2.46. The fourth-order valence-corrected chi connectivity index (χ4v) is 2.03. The molecule has 0 bridgehead atoms. The van der Waals surface area contributed by atoms with Crippen LogP contribution < -0.4 is 0 Å². The molecule has 1 heteroatoms. The van der Waals surface area contributed by atoms with E-state index in [9.17, 15) is 4.79 Å². The SMILES string of the molecule is C=C/C=C/C[C@@H]1C[C@H](C=O)C1(C)C. The van der Waals surface area contributed by atoms with Gasteiger partial charge in [0.05, 0.1) is 0 Å². The molecule has 0 N–H and O–H groups in total. The molecule has 0 spiro atoms. The maximum Gasteiger partial charge on any atom is 0.123 e. The molecule has 0 unspecified atom stereocenters. The molecule has 1 nitrogen and oxygen atoms in total. The fourth-order valence-electron chi connectivity index (χ4n) is 2.03. The van der Waals surface area contributed by atoms with Crippen molar-refractivity contribution in [3.05, 3.63) is 24.8 Å². The summed E-state index contributed by atoms with van der Waals surface area (Å²) >= 11 is 0. The van der Waals surface area contributed by atoms with Gasteiger partial charge in [0.25, 0.3) is 0 Å². The largest absolute Gasteiger partial charge is 0.303 e. The highest BCUT2D eigenvalue weighted by Crippen LogP contribution is 2.51. The normalized spacial score (nSPS) is 31.2. The summed E-state index contributed by atoms with van der Waals surface area (Å²) in [5.74, 6) is 0.938. The third-order valence-electron chi connectivity index (χ3n) is 3.40. The van der Waals surface area contributed by atoms with Gasteiger partial charge in [0.1, 0.15) is 6.29 Å². The molecule has 0 aromatic rings. The van der Waals surface area contributed by atoms with Crippen LogP contribution in [0.3, 0.4) is 0 Å². The van der Waals surface area contributed by atoms with Crippen molar-refractivity contribution in [1.29, 1.82) is 0 Å². The van der Waals surface area contributed by atoms with Gasteiger partial charge < -0.3 is 4.79 Å². The zero-order valence-electron chi connectivity index (χ0n) is 8.49. The average molecular weight is 178 g/mol. The molecule has 0 heterocycles. The van der Waals surface area contributed by atoms with E-state index in [1.165, 1.54) is 0 Å². The van der Waals surface area contributed by atoms with Gasteiger partial charge in [0, 0.05) is 5.92 Å². The molecule has 13 heavy (non-hydrogen) atoms. The van der Waals surface area contributed by atoms with Crippen molar-refractivity contribution < 1.29 is 4.79 Å². The van der Waals surface area contributed by atoms with E-state index < -0.39 is 0 Å². The smallest absolute Gasteiger partial charge is 0.123 e. The topological polar surface area (TPSA) is 17.1 Å². The van der Waals surface area contributed by atoms with Gasteiger partial charge in [-0.3, -0.25) is 0 Å². The maximum absolute atomic E-state index is 10.6. The Kier molecular flexibility index (Phi) is 3.07. The van der Waals surface area contributed by atoms with E-state index in [4.69, 9.17) is 0 Å². The van der Waals surface area contributed by atoms with E-state index in [1.807, 2.05) is 6.08 Å². The monoisotopic (exact) mass is 178 g/mol. The van der Waals surface area contributed by atoms with Gasteiger partial charge in [0.15, 0.2) is 0 Å². The first-order valence-electron chi connectivity index (χ1n) is 4.85. The highest BCUT2D eigenvalue weighted by molar-refractivity contribution is 5.57. The number of carbonyl (C=O) groups is 1. The van der Waals surface area contributed by atoms with Gasteiger partial charge in [-0.05, 0) is 24.2 Å². The van der Waals surface area contributed by atoms with Crippen LogP contribution >= 0.6 is 0 Å². The summed E-state index contributed by atoms with van der Waals surface area (Å²) in [5, 5.41) is 0. The molecule has 0 aliphatic heterocycles. The van der Waals surface area contributed by atoms with Gasteiger partial charge in [-0.1, -0.05) is 38.7 Å². The van der Waals surface area contributed by atoms with Crippen molar-refractivity contribution >= 4 is 6.29 Å². The molecule has 0 saturated heterocycles. The maximum atomic E-state index is 10.6. The van der Waals surface area contributed by atoms with Crippen LogP contribution in [0, 0.1) is 17.3 Å². The summed E-state index contributed by atoms with van der Waals surface area (Å²) in [6.07, 6.45) is 9.14. The second kappa shape index (κ2) is 3.91. The predicted octanol–water partition coefficient (Wildman–Crippen LogP) is 2.98. The van der Waals surface area contributed by atoms with Gasteiger partial charge in [0.2, 0.25) is 0 Å². The number of hydrogen-bond acceptors (Lipinski definition) is 1. The number of hydrogen-bond donors (Lipinski definition) is 0. The molecule has 0 amide bonds. The lowest BCUT2D eigenvalue weighted by molar-refractivity contribution is -0.125. The summed E-state index contributed by atoms with van der Waals surface area (Å²) in [5.41, 5.74) is 0.202. The minimum absolute atomic E-state index is 0.202. The predicted molar refractivity (Wildman–Crippen MR) is 55.4 cm³/mol. The van der Waals surface area contributed by atoms with Crippen molar-refractivity contribution in [2.45, 2.75) is 26.7 Å². The number of rotatable bonds is 4. The molecule has 1 fully saturated rings. The van der Waals surface area contributed by atoms with Gasteiger partial charge in [-0.25, -0.2) is 0 Å². The molecular formula is C12H18O. The fraction of sp³-hybridized carbons (Fsp3) is 0.583. The van der Waals surface area contributed by atoms with Gasteiger partial charge >= 0.3 is 0 Å². The van der Waals surface area contributed by atoms with Crippen LogP contribution in [0.4, 0.5) is 0 Å². The third kappa shape index (κ3) is 1.90. The molecule has 2 atom stereocenters. The summed E-state index contributed by atoms with van der Waals surface area (Å²) < 4.78 is 0. The second-order valence-corrected chi connectivity index (χ2v) is 4.40. The highest BCUT2D eigenvalue weighted by atomic mass is 16.1. The van der Waals surface area contributed by atoms with Gasteiger partial charge in [-0.2, -0.15) is 0 Å². The molecular weight excluding hydrogens is 160 g/mol. The molecule has 0 aromatic heterocycles. The van der Waals surface area contributed by atoms with Crippen LogP contribution in [-0.4, -0.2) is 6.29 Å². The third-order valence-corrected chi connectivity index (χ3v) is 3.40. The lowest BCUT2D eigenvalue weighted by atomic mass is 9.54. The first kappa shape index (κ1) is 10.2. The first-order valence-corrected chi connectivity index (χ1v) is 4.85. The van der Waals surface area contributed by atoms with Crippen molar-refractivity contribution in [2.75, 3.05) is 0 Å². The number of aldehydes is 1. The first-order chi connectivity index (χ1) is 6.12. The van der Waals surface area contributed by atoms with E-state index >= 15 is 0 Å². The van der Waals surface area contributed by atoms with Crippen molar-refractivity contribution in [2.24, 2.45) is 17.3 Å². The van der Waals surface area contributed by atoms with E-state index in [0.717, 1.165) is 19.1 Å². The lowest BCUT2D eigenvalue weighted by Gasteiger charge is -2.49. The zero-order chi connectivity index (χ0) is 9.90. The lowest BCUT2D eigenvalue weighted by Crippen LogP contribution is -2.45. The molecule has 1 aliphatic rings. The Bertz CT molecular complexity index is 225. The van der Waals surface area contributed by atoms with Crippen molar-refractivity contribution in [3.63, 3.8) is 0 Å². The Morgan fingerprint density at radius 3 is 2.69 bits per heavy atom. The molecule has 1 saturated carbocycles. The van der Waals surface area contributed by atoms with E-state index in [2.05, 4.69) is 26.5 Å². The molecule has 1 aliphatic carbocycles. The summed E-state index contributed by atoms with van der Waals surface area (Å²) in [7, 11) is 0. The van der Waals surface area contributed by atoms with E-state index in [0.29, 0.717) is 5.92 Å². The van der Waals surface area contributed by atoms with Crippen LogP contribution in [0.1, 0.15) is 26.7 Å². The van der Waals surface area contributed by atoms with Crippen LogP contribution in [0.5, 0.6) is 0 Å². The zero-order valence-corrected chi connectivity index (χ0v) is 8.49. The molecule has 0 aromatic carbocycles. The Balaban J connectivity index is 2.44. The van der Waals surface area contributed by atoms with Crippen LogP contribution in [0.2, 0.25) is 0 Å². The van der Waals surface area contributed by atoms with Crippen molar-refractivity contribution in [1.82, 2.24) is 0 Å². The minimum atomic E-state index is 0.202. The van der Waals surface area contributed by atoms with E-state index in [1.54, 1.807) is 6.08 Å². The van der Waals surface area contributed by atoms with Crippen LogP contribution in [0.25, 0.3) is 0 Å². The minimum Gasteiger partial charge on any atom is -0.303 e. The Morgan fingerprint density at radius 1 is 1.54 bits per heavy atom. The molecule has 72 valence electrons. The number of allylic oxidation sites excluding steroid dienone is 3. The number of carbonyl (C=O) groups excluding carboxylic acids is 1. The summed E-state index contributed by atoms with van der Waals surface area (Å²) in [6.45, 7) is 7.99. The molecule has 1 rings (SSSR count). The van der Waals surface area contributed by atoms with Crippen LogP contribution in [0.15, 0.2) is 24.8 Å². The summed E-state index contributed by atoms with van der Waals surface area (Å²) in [6, 6.07) is 0. The Hall–Kier alpha value is -0.850. The van der Waals surface area contributed by atoms with Gasteiger partial charge in [-0.15, -0.1) is 0 Å². The quantitative estimate of drug-likeness (QED) is 0.478. The second-order valence-electron chi connectivity index (χ2n) is 4.40. The van der Waals surface area contributed by atoms with Crippen molar-refractivity contribution in [3.8, 4) is 0 Å². The van der Waals surface area contributed by atoms with Crippen LogP contribution in [-0.2, 0) is 4.79 Å². The van der Waals surface area contributed by atoms with E-state index in [-0.39, 0.29) is 11.3 Å². The Labute approximate surface area is 80.5 Å². The Morgan fingerprint density at radius 2 is 2.23 bits per heavy atom. The average Bonchev–Trinajstić information content (AvgIpc) is 2.10. The molecule has 0 radical (unpaired) electrons.